The number of likely N-dealkylation sites (N-methyl/N-ethyl adjacent to an activating group) is 1. The molecule has 1 nitrogen and oxygen atoms in total. The molecule has 0 spiro atoms. The van der Waals surface area contributed by atoms with E-state index in [9.17, 15) is 4.39 Å². The van der Waals surface area contributed by atoms with Crippen LogP contribution in [0.25, 0.3) is 0 Å². The number of benzene rings is 2. The molecule has 2 rings (SSSR count). The molecule has 2 aromatic carbocycles. The lowest BCUT2D eigenvalue weighted by atomic mass is 9.97. The molecule has 0 saturated carbocycles. The largest absolute Gasteiger partial charge is 0.310 e. The molecule has 1 N–H and O–H groups in total. The molecule has 21 heavy (non-hydrogen) atoms. The summed E-state index contributed by atoms with van der Waals surface area (Å²) >= 11 is 8.27. The third-order valence-electron chi connectivity index (χ3n) is 3.47. The first-order valence-electron chi connectivity index (χ1n) is 6.95. The van der Waals surface area contributed by atoms with E-state index in [-0.39, 0.29) is 16.9 Å². The van der Waals surface area contributed by atoms with E-state index in [1.165, 1.54) is 20.8 Å². The number of halogens is 3. The smallest absolute Gasteiger partial charge is 0.141 e. The summed E-state index contributed by atoms with van der Waals surface area (Å²) in [6.07, 6.45) is 0.785. The maximum Gasteiger partial charge on any atom is 0.141 e. The molecule has 2 aromatic rings. The van der Waals surface area contributed by atoms with Crippen LogP contribution in [0.3, 0.4) is 0 Å². The van der Waals surface area contributed by atoms with E-state index in [0.717, 1.165) is 18.5 Å². The fourth-order valence-electron chi connectivity index (χ4n) is 2.38. The van der Waals surface area contributed by atoms with Gasteiger partial charge in [0.05, 0.1) is 5.02 Å². The lowest BCUT2D eigenvalue weighted by Crippen LogP contribution is -2.24. The van der Waals surface area contributed by atoms with Crippen LogP contribution in [0.2, 0.25) is 5.02 Å². The second-order valence-electron chi connectivity index (χ2n) is 5.04. The van der Waals surface area contributed by atoms with Gasteiger partial charge < -0.3 is 5.32 Å². The van der Waals surface area contributed by atoms with Crippen LogP contribution in [0, 0.1) is 16.3 Å². The molecule has 1 unspecified atom stereocenters. The molecule has 0 bridgehead atoms. The highest BCUT2D eigenvalue weighted by Gasteiger charge is 2.15. The van der Waals surface area contributed by atoms with Gasteiger partial charge in [0.25, 0.3) is 0 Å². The zero-order chi connectivity index (χ0) is 15.4. The average Bonchev–Trinajstić information content (AvgIpc) is 2.45. The van der Waals surface area contributed by atoms with Crippen molar-refractivity contribution in [2.24, 2.45) is 0 Å². The topological polar surface area (TPSA) is 12.0 Å². The summed E-state index contributed by atoms with van der Waals surface area (Å²) in [5.41, 5.74) is 3.58. The van der Waals surface area contributed by atoms with E-state index in [1.807, 2.05) is 0 Å². The highest BCUT2D eigenvalue weighted by Crippen LogP contribution is 2.27. The van der Waals surface area contributed by atoms with E-state index in [1.54, 1.807) is 12.1 Å². The van der Waals surface area contributed by atoms with Crippen molar-refractivity contribution in [2.45, 2.75) is 26.3 Å². The SMILES string of the molecule is CCNC(Cc1ccc(F)c(Cl)c1)c1cccc(C)c1I. The van der Waals surface area contributed by atoms with Crippen LogP contribution in [-0.4, -0.2) is 6.54 Å². The van der Waals surface area contributed by atoms with Crippen molar-refractivity contribution in [3.8, 4) is 0 Å². The van der Waals surface area contributed by atoms with Crippen LogP contribution >= 0.6 is 34.2 Å². The molecule has 0 aliphatic rings. The highest BCUT2D eigenvalue weighted by atomic mass is 127. The molecule has 4 heteroatoms. The minimum Gasteiger partial charge on any atom is -0.310 e. The maximum atomic E-state index is 13.3. The summed E-state index contributed by atoms with van der Waals surface area (Å²) in [6, 6.07) is 11.5. The first kappa shape index (κ1) is 16.7. The first-order valence-corrected chi connectivity index (χ1v) is 8.41. The Morgan fingerprint density at radius 1 is 1.29 bits per heavy atom. The van der Waals surface area contributed by atoms with Gasteiger partial charge in [0.2, 0.25) is 0 Å². The first-order chi connectivity index (χ1) is 10.0. The van der Waals surface area contributed by atoms with Gasteiger partial charge in [0, 0.05) is 9.61 Å². The summed E-state index contributed by atoms with van der Waals surface area (Å²) in [7, 11) is 0. The molecular weight excluding hydrogens is 400 g/mol. The quantitative estimate of drug-likeness (QED) is 0.652. The van der Waals surface area contributed by atoms with Crippen LogP contribution in [-0.2, 0) is 6.42 Å². The van der Waals surface area contributed by atoms with Gasteiger partial charge >= 0.3 is 0 Å². The molecule has 0 radical (unpaired) electrons. The van der Waals surface area contributed by atoms with E-state index < -0.39 is 0 Å². The molecule has 1 atom stereocenters. The lowest BCUT2D eigenvalue weighted by Gasteiger charge is -2.21. The molecule has 0 aliphatic heterocycles. The summed E-state index contributed by atoms with van der Waals surface area (Å²) in [5, 5.41) is 3.69. The Hall–Kier alpha value is -0.650. The van der Waals surface area contributed by atoms with Gasteiger partial charge in [-0.1, -0.05) is 42.8 Å². The van der Waals surface area contributed by atoms with E-state index in [4.69, 9.17) is 11.6 Å². The fraction of sp³-hybridized carbons (Fsp3) is 0.294. The Bertz CT molecular complexity index is 630. The van der Waals surface area contributed by atoms with Crippen LogP contribution in [0.4, 0.5) is 4.39 Å². The Labute approximate surface area is 144 Å². The second kappa shape index (κ2) is 7.56. The summed E-state index contributed by atoms with van der Waals surface area (Å²) in [5.74, 6) is -0.370. The molecule has 0 saturated heterocycles. The molecule has 112 valence electrons. The lowest BCUT2D eigenvalue weighted by molar-refractivity contribution is 0.546. The molecule has 0 aromatic heterocycles. The van der Waals surface area contributed by atoms with Crippen molar-refractivity contribution in [2.75, 3.05) is 6.54 Å². The third kappa shape index (κ3) is 4.18. The van der Waals surface area contributed by atoms with Gasteiger partial charge in [-0.25, -0.2) is 4.39 Å². The zero-order valence-corrected chi connectivity index (χ0v) is 15.0. The fourth-order valence-corrected chi connectivity index (χ4v) is 3.32. The van der Waals surface area contributed by atoms with Gasteiger partial charge in [-0.2, -0.15) is 0 Å². The Kier molecular flexibility index (Phi) is 6.02. The number of hydrogen-bond donors (Lipinski definition) is 1. The van der Waals surface area contributed by atoms with Crippen molar-refractivity contribution in [3.05, 3.63) is 67.5 Å². The average molecular weight is 418 g/mol. The molecule has 0 fully saturated rings. The number of hydrogen-bond acceptors (Lipinski definition) is 1. The third-order valence-corrected chi connectivity index (χ3v) is 5.23. The predicted octanol–water partition coefficient (Wildman–Crippen LogP) is 5.29. The van der Waals surface area contributed by atoms with Crippen molar-refractivity contribution in [3.63, 3.8) is 0 Å². The normalized spacial score (nSPS) is 12.4. The van der Waals surface area contributed by atoms with Crippen molar-refractivity contribution >= 4 is 34.2 Å². The highest BCUT2D eigenvalue weighted by molar-refractivity contribution is 14.1. The van der Waals surface area contributed by atoms with Gasteiger partial charge in [0.1, 0.15) is 5.82 Å². The second-order valence-corrected chi connectivity index (χ2v) is 6.53. The van der Waals surface area contributed by atoms with Crippen LogP contribution in [0.1, 0.15) is 29.7 Å². The monoisotopic (exact) mass is 417 g/mol. The number of rotatable bonds is 5. The Morgan fingerprint density at radius 2 is 2.05 bits per heavy atom. The van der Waals surface area contributed by atoms with Gasteiger partial charge in [0.15, 0.2) is 0 Å². The van der Waals surface area contributed by atoms with Crippen LogP contribution in [0.15, 0.2) is 36.4 Å². The van der Waals surface area contributed by atoms with Crippen molar-refractivity contribution in [1.82, 2.24) is 5.32 Å². The number of aryl methyl sites for hydroxylation is 1. The van der Waals surface area contributed by atoms with Crippen LogP contribution < -0.4 is 5.32 Å². The molecule has 0 amide bonds. The Morgan fingerprint density at radius 3 is 2.71 bits per heavy atom. The summed E-state index contributed by atoms with van der Waals surface area (Å²) < 4.78 is 14.5. The van der Waals surface area contributed by atoms with Gasteiger partial charge in [-0.05, 0) is 71.3 Å². The van der Waals surface area contributed by atoms with E-state index in [2.05, 4.69) is 60.0 Å². The molecular formula is C17H18ClFIN. The van der Waals surface area contributed by atoms with Gasteiger partial charge in [-0.3, -0.25) is 0 Å². The van der Waals surface area contributed by atoms with Crippen molar-refractivity contribution in [1.29, 1.82) is 0 Å². The van der Waals surface area contributed by atoms with Gasteiger partial charge in [-0.15, -0.1) is 0 Å². The maximum absolute atomic E-state index is 13.3. The van der Waals surface area contributed by atoms with Crippen molar-refractivity contribution < 1.29 is 4.39 Å². The Balaban J connectivity index is 2.30. The van der Waals surface area contributed by atoms with E-state index in [0.29, 0.717) is 0 Å². The minimum absolute atomic E-state index is 0.182. The van der Waals surface area contributed by atoms with Crippen LogP contribution in [0.5, 0.6) is 0 Å². The minimum atomic E-state index is -0.370. The zero-order valence-electron chi connectivity index (χ0n) is 12.1. The number of nitrogens with one attached hydrogen (secondary N) is 1. The molecule has 0 aliphatic carbocycles. The summed E-state index contributed by atoms with van der Waals surface area (Å²) in [4.78, 5) is 0. The molecule has 0 heterocycles. The predicted molar refractivity (Wildman–Crippen MR) is 95.4 cm³/mol. The van der Waals surface area contributed by atoms with E-state index >= 15 is 0 Å². The standard InChI is InChI=1S/C17H18ClFIN/c1-3-21-16(13-6-4-5-11(2)17(13)20)10-12-7-8-15(19)14(18)9-12/h4-9,16,21H,3,10H2,1-2H3. The summed E-state index contributed by atoms with van der Waals surface area (Å²) in [6.45, 7) is 5.08.